The van der Waals surface area contributed by atoms with Crippen molar-refractivity contribution in [1.29, 1.82) is 0 Å². The van der Waals surface area contributed by atoms with Crippen LogP contribution in [0.25, 0.3) is 86.3 Å². The Morgan fingerprint density at radius 2 is 0.982 bits per heavy atom. The average molecular weight is 720 g/mol. The van der Waals surface area contributed by atoms with E-state index in [4.69, 9.17) is 4.42 Å². The first-order chi connectivity index (χ1) is 27.2. The number of furan rings is 1. The number of benzene rings is 9. The van der Waals surface area contributed by atoms with E-state index >= 15 is 0 Å². The molecule has 11 rings (SSSR count). The molecule has 0 spiro atoms. The van der Waals surface area contributed by atoms with Crippen LogP contribution in [-0.2, 0) is 0 Å². The van der Waals surface area contributed by atoms with Crippen LogP contribution in [0.2, 0.25) is 0 Å². The molecule has 9 aromatic carbocycles. The van der Waals surface area contributed by atoms with Crippen LogP contribution >= 0.6 is 11.3 Å². The van der Waals surface area contributed by atoms with Crippen LogP contribution in [0, 0.1) is 0 Å². The Bertz CT molecular complexity index is 3210. The van der Waals surface area contributed by atoms with Gasteiger partial charge in [-0.05, 0) is 105 Å². The fourth-order valence-corrected chi connectivity index (χ4v) is 9.20. The first-order valence-corrected chi connectivity index (χ1v) is 19.5. The monoisotopic (exact) mass is 719 g/mol. The number of hydrogen-bond acceptors (Lipinski definition) is 3. The van der Waals surface area contributed by atoms with E-state index in [9.17, 15) is 0 Å². The summed E-state index contributed by atoms with van der Waals surface area (Å²) >= 11 is 1.85. The van der Waals surface area contributed by atoms with Crippen LogP contribution in [0.15, 0.2) is 205 Å². The van der Waals surface area contributed by atoms with E-state index in [2.05, 4.69) is 193 Å². The summed E-state index contributed by atoms with van der Waals surface area (Å²) in [5.41, 5.74) is 12.1. The van der Waals surface area contributed by atoms with Crippen LogP contribution in [0.3, 0.4) is 0 Å². The van der Waals surface area contributed by atoms with Crippen molar-refractivity contribution in [3.8, 4) is 33.4 Å². The fraction of sp³-hybridized carbons (Fsp3) is 0. The molecule has 0 fully saturated rings. The van der Waals surface area contributed by atoms with Crippen LogP contribution in [0.4, 0.5) is 17.1 Å². The number of anilines is 3. The highest BCUT2D eigenvalue weighted by Crippen LogP contribution is 2.46. The second-order valence-electron chi connectivity index (χ2n) is 14.1. The molecule has 2 nitrogen and oxygen atoms in total. The quantitative estimate of drug-likeness (QED) is 0.170. The van der Waals surface area contributed by atoms with Crippen molar-refractivity contribution in [1.82, 2.24) is 0 Å². The number of thiophene rings is 1. The standard InChI is InChI=1S/C52H33NOS/c1-2-11-36(12-3-1)43-27-22-39(38-19-18-34-10-4-5-13-37(34)30-38)31-48(43)53(42-26-29-52-47(33-42)46-15-7-9-17-51(46)55-52)41-24-20-35(21-25-41)40-23-28-45-44-14-6-8-16-49(44)54-50(45)32-40/h1-33H. The number of nitrogens with zero attached hydrogens (tertiary/aromatic N) is 1. The molecule has 11 aromatic rings. The van der Waals surface area contributed by atoms with E-state index < -0.39 is 0 Å². The molecule has 3 heteroatoms. The zero-order valence-electron chi connectivity index (χ0n) is 29.8. The van der Waals surface area contributed by atoms with Gasteiger partial charge in [0.2, 0.25) is 0 Å². The lowest BCUT2D eigenvalue weighted by atomic mass is 9.95. The van der Waals surface area contributed by atoms with E-state index in [1.165, 1.54) is 53.2 Å². The third kappa shape index (κ3) is 5.48. The molecule has 0 bridgehead atoms. The lowest BCUT2D eigenvalue weighted by molar-refractivity contribution is 0.669. The molecule has 0 saturated carbocycles. The Morgan fingerprint density at radius 3 is 1.87 bits per heavy atom. The van der Waals surface area contributed by atoms with Crippen LogP contribution in [0.5, 0.6) is 0 Å². The summed E-state index contributed by atoms with van der Waals surface area (Å²) < 4.78 is 8.86. The molecular weight excluding hydrogens is 687 g/mol. The maximum atomic E-state index is 6.27. The van der Waals surface area contributed by atoms with Crippen LogP contribution in [0.1, 0.15) is 0 Å². The van der Waals surface area contributed by atoms with Crippen LogP contribution in [-0.4, -0.2) is 0 Å². The second-order valence-corrected chi connectivity index (χ2v) is 15.2. The van der Waals surface area contributed by atoms with E-state index in [0.717, 1.165) is 50.1 Å². The van der Waals surface area contributed by atoms with Crippen molar-refractivity contribution in [2.45, 2.75) is 0 Å². The molecular formula is C52H33NOS. The summed E-state index contributed by atoms with van der Waals surface area (Å²) in [5, 5.41) is 7.31. The molecule has 0 atom stereocenters. The summed E-state index contributed by atoms with van der Waals surface area (Å²) in [6, 6.07) is 72.5. The van der Waals surface area contributed by atoms with Crippen molar-refractivity contribution in [2.24, 2.45) is 0 Å². The topological polar surface area (TPSA) is 16.4 Å². The minimum Gasteiger partial charge on any atom is -0.456 e. The molecule has 0 saturated heterocycles. The van der Waals surface area contributed by atoms with E-state index in [-0.39, 0.29) is 0 Å². The SMILES string of the molecule is c1ccc(-c2ccc(-c3ccc4ccccc4c3)cc2N(c2ccc(-c3ccc4c(c3)oc3ccccc34)cc2)c2ccc3sc4ccccc4c3c2)cc1. The van der Waals surface area contributed by atoms with Gasteiger partial charge in [0, 0.05) is 47.9 Å². The number of hydrogen-bond donors (Lipinski definition) is 0. The summed E-state index contributed by atoms with van der Waals surface area (Å²) in [4.78, 5) is 2.44. The van der Waals surface area contributed by atoms with Gasteiger partial charge in [0.25, 0.3) is 0 Å². The Labute approximate surface area is 322 Å². The average Bonchev–Trinajstić information content (AvgIpc) is 3.82. The summed E-state index contributed by atoms with van der Waals surface area (Å²) in [6.45, 7) is 0. The zero-order chi connectivity index (χ0) is 36.3. The van der Waals surface area contributed by atoms with Crippen LogP contribution < -0.4 is 4.90 Å². The van der Waals surface area contributed by atoms with Gasteiger partial charge in [0.05, 0.1) is 5.69 Å². The second kappa shape index (κ2) is 12.9. The molecule has 0 aliphatic heterocycles. The van der Waals surface area contributed by atoms with E-state index in [1.807, 2.05) is 23.5 Å². The van der Waals surface area contributed by atoms with Gasteiger partial charge in [-0.25, -0.2) is 0 Å². The van der Waals surface area contributed by atoms with E-state index in [0.29, 0.717) is 0 Å². The van der Waals surface area contributed by atoms with Gasteiger partial charge in [0.1, 0.15) is 11.2 Å². The van der Waals surface area contributed by atoms with Gasteiger partial charge in [0.15, 0.2) is 0 Å². The molecule has 2 heterocycles. The number of fused-ring (bicyclic) bond motifs is 7. The van der Waals surface area contributed by atoms with Crippen molar-refractivity contribution in [3.63, 3.8) is 0 Å². The van der Waals surface area contributed by atoms with Crippen molar-refractivity contribution in [2.75, 3.05) is 4.90 Å². The van der Waals surface area contributed by atoms with Crippen molar-refractivity contribution >= 4 is 81.3 Å². The smallest absolute Gasteiger partial charge is 0.136 e. The molecule has 258 valence electrons. The predicted molar refractivity (Wildman–Crippen MR) is 235 cm³/mol. The molecule has 2 aromatic heterocycles. The van der Waals surface area contributed by atoms with Gasteiger partial charge in [-0.15, -0.1) is 11.3 Å². The minimum atomic E-state index is 0.902. The molecule has 0 N–H and O–H groups in total. The summed E-state index contributed by atoms with van der Waals surface area (Å²) in [7, 11) is 0. The molecule has 0 aliphatic carbocycles. The summed E-state index contributed by atoms with van der Waals surface area (Å²) in [6.07, 6.45) is 0. The molecule has 0 amide bonds. The fourth-order valence-electron chi connectivity index (χ4n) is 8.12. The molecule has 0 unspecified atom stereocenters. The number of rotatable bonds is 6. The normalized spacial score (nSPS) is 11.6. The lowest BCUT2D eigenvalue weighted by Crippen LogP contribution is -2.11. The largest absolute Gasteiger partial charge is 0.456 e. The van der Waals surface area contributed by atoms with Crippen molar-refractivity contribution in [3.05, 3.63) is 200 Å². The highest BCUT2D eigenvalue weighted by Gasteiger charge is 2.20. The number of para-hydroxylation sites is 1. The Kier molecular flexibility index (Phi) is 7.39. The maximum Gasteiger partial charge on any atom is 0.136 e. The first kappa shape index (κ1) is 31.6. The Balaban J connectivity index is 1.11. The van der Waals surface area contributed by atoms with Crippen molar-refractivity contribution < 1.29 is 4.42 Å². The van der Waals surface area contributed by atoms with Gasteiger partial charge >= 0.3 is 0 Å². The Morgan fingerprint density at radius 1 is 0.345 bits per heavy atom. The van der Waals surface area contributed by atoms with E-state index in [1.54, 1.807) is 0 Å². The molecule has 0 aliphatic rings. The minimum absolute atomic E-state index is 0.902. The highest BCUT2D eigenvalue weighted by molar-refractivity contribution is 7.25. The summed E-state index contributed by atoms with van der Waals surface area (Å²) in [5.74, 6) is 0. The lowest BCUT2D eigenvalue weighted by Gasteiger charge is -2.29. The predicted octanol–water partition coefficient (Wildman–Crippen LogP) is 15.6. The highest BCUT2D eigenvalue weighted by atomic mass is 32.1. The molecule has 55 heavy (non-hydrogen) atoms. The first-order valence-electron chi connectivity index (χ1n) is 18.7. The maximum absolute atomic E-state index is 6.27. The Hall–Kier alpha value is -6.94. The van der Waals surface area contributed by atoms with Gasteiger partial charge < -0.3 is 9.32 Å². The third-order valence-corrected chi connectivity index (χ3v) is 12.0. The van der Waals surface area contributed by atoms with Gasteiger partial charge in [-0.1, -0.05) is 133 Å². The van der Waals surface area contributed by atoms with Gasteiger partial charge in [-0.3, -0.25) is 0 Å². The van der Waals surface area contributed by atoms with Gasteiger partial charge in [-0.2, -0.15) is 0 Å². The molecule has 0 radical (unpaired) electrons. The third-order valence-electron chi connectivity index (χ3n) is 10.9. The zero-order valence-corrected chi connectivity index (χ0v) is 30.6.